The largest absolute Gasteiger partial charge is 0.461 e. The molecule has 1 amide bonds. The molecule has 8 nitrogen and oxygen atoms in total. The summed E-state index contributed by atoms with van der Waals surface area (Å²) in [6, 6.07) is 18.7. The second-order valence-corrected chi connectivity index (χ2v) is 8.08. The van der Waals surface area contributed by atoms with E-state index in [9.17, 15) is 4.79 Å². The number of nitrogens with zero attached hydrogens (tertiary/aromatic N) is 3. The molecule has 0 radical (unpaired) electrons. The van der Waals surface area contributed by atoms with Crippen LogP contribution in [0.15, 0.2) is 76.5 Å². The lowest BCUT2D eigenvalue weighted by Crippen LogP contribution is -2.22. The maximum Gasteiger partial charge on any atom is 0.237 e. The molecule has 9 heteroatoms. The number of hydrogen-bond donors (Lipinski definition) is 1. The molecule has 156 valence electrons. The zero-order chi connectivity index (χ0) is 21.2. The number of furan rings is 1. The number of benzene rings is 2. The molecule has 3 heterocycles. The second-order valence-electron chi connectivity index (χ2n) is 6.77. The van der Waals surface area contributed by atoms with E-state index in [1.807, 2.05) is 47.9 Å². The number of para-hydroxylation sites is 1. The minimum Gasteiger partial charge on any atom is -0.461 e. The van der Waals surface area contributed by atoms with Crippen molar-refractivity contribution in [1.82, 2.24) is 14.8 Å². The number of thioether (sulfide) groups is 1. The highest BCUT2D eigenvalue weighted by Gasteiger charge is 2.23. The van der Waals surface area contributed by atoms with Crippen molar-refractivity contribution in [3.05, 3.63) is 66.9 Å². The third-order valence-electron chi connectivity index (χ3n) is 4.68. The predicted molar refractivity (Wildman–Crippen MR) is 116 cm³/mol. The maximum atomic E-state index is 12.8. The van der Waals surface area contributed by atoms with Crippen LogP contribution in [0.4, 0.5) is 5.69 Å². The van der Waals surface area contributed by atoms with Gasteiger partial charge < -0.3 is 19.2 Å². The number of carbonyl (C=O) groups is 1. The first-order chi connectivity index (χ1) is 15.2. The van der Waals surface area contributed by atoms with Crippen LogP contribution < -0.4 is 14.8 Å². The van der Waals surface area contributed by atoms with Gasteiger partial charge in [0, 0.05) is 17.4 Å². The smallest absolute Gasteiger partial charge is 0.237 e. The van der Waals surface area contributed by atoms with Crippen LogP contribution in [0.5, 0.6) is 11.5 Å². The summed E-state index contributed by atoms with van der Waals surface area (Å²) in [4.78, 5) is 12.8. The van der Waals surface area contributed by atoms with E-state index in [1.165, 1.54) is 11.8 Å². The molecule has 0 spiro atoms. The van der Waals surface area contributed by atoms with Crippen LogP contribution in [-0.2, 0) is 4.79 Å². The van der Waals surface area contributed by atoms with Gasteiger partial charge in [-0.25, -0.2) is 0 Å². The Morgan fingerprint density at radius 1 is 1.06 bits per heavy atom. The first-order valence-electron chi connectivity index (χ1n) is 9.61. The highest BCUT2D eigenvalue weighted by atomic mass is 32.2. The van der Waals surface area contributed by atoms with E-state index in [-0.39, 0.29) is 12.7 Å². The fourth-order valence-corrected chi connectivity index (χ4v) is 4.02. The van der Waals surface area contributed by atoms with Crippen molar-refractivity contribution in [2.75, 3.05) is 12.1 Å². The van der Waals surface area contributed by atoms with E-state index < -0.39 is 5.25 Å². The monoisotopic (exact) mass is 434 g/mol. The molecule has 5 rings (SSSR count). The summed E-state index contributed by atoms with van der Waals surface area (Å²) in [6.07, 6.45) is 1.59. The average molecular weight is 434 g/mol. The van der Waals surface area contributed by atoms with Gasteiger partial charge in [0.15, 0.2) is 22.4 Å². The Kier molecular flexibility index (Phi) is 5.09. The Bertz CT molecular complexity index is 1210. The molecular formula is C22H18N4O4S. The first-order valence-corrected chi connectivity index (χ1v) is 10.5. The molecule has 0 saturated carbocycles. The number of rotatable bonds is 6. The van der Waals surface area contributed by atoms with Gasteiger partial charge in [-0.1, -0.05) is 30.0 Å². The number of anilines is 1. The van der Waals surface area contributed by atoms with Gasteiger partial charge in [0.1, 0.15) is 0 Å². The number of aromatic nitrogens is 3. The molecule has 4 aromatic rings. The number of nitrogens with one attached hydrogen (secondary N) is 1. The highest BCUT2D eigenvalue weighted by Crippen LogP contribution is 2.35. The molecule has 2 aromatic carbocycles. The summed E-state index contributed by atoms with van der Waals surface area (Å²) < 4.78 is 18.1. The minimum atomic E-state index is -0.429. The van der Waals surface area contributed by atoms with Gasteiger partial charge in [-0.15, -0.1) is 10.2 Å². The molecule has 2 aromatic heterocycles. The third kappa shape index (κ3) is 3.87. The lowest BCUT2D eigenvalue weighted by molar-refractivity contribution is -0.115. The van der Waals surface area contributed by atoms with Gasteiger partial charge in [-0.3, -0.25) is 9.36 Å². The van der Waals surface area contributed by atoms with Crippen LogP contribution in [0.2, 0.25) is 0 Å². The quantitative estimate of drug-likeness (QED) is 0.451. The van der Waals surface area contributed by atoms with Gasteiger partial charge in [0.25, 0.3) is 0 Å². The molecule has 0 aliphatic carbocycles. The third-order valence-corrected chi connectivity index (χ3v) is 5.72. The highest BCUT2D eigenvalue weighted by molar-refractivity contribution is 8.00. The van der Waals surface area contributed by atoms with Crippen LogP contribution in [0.3, 0.4) is 0 Å². The minimum absolute atomic E-state index is 0.161. The van der Waals surface area contributed by atoms with Gasteiger partial charge in [0.2, 0.25) is 18.5 Å². The maximum absolute atomic E-state index is 12.8. The summed E-state index contributed by atoms with van der Waals surface area (Å²) in [5, 5.41) is 11.7. The number of carbonyl (C=O) groups excluding carboxylic acids is 1. The zero-order valence-electron chi connectivity index (χ0n) is 16.5. The molecule has 1 atom stereocenters. The molecule has 31 heavy (non-hydrogen) atoms. The SMILES string of the molecule is CC(Sc1nnc(-c2ccco2)n1-c1ccccc1)C(=O)Nc1ccc2c(c1)OCO2. The fraction of sp³-hybridized carbons (Fsp3) is 0.136. The molecule has 0 bridgehead atoms. The topological polar surface area (TPSA) is 91.4 Å². The van der Waals surface area contributed by atoms with E-state index in [0.717, 1.165) is 5.69 Å². The number of fused-ring (bicyclic) bond motifs is 1. The second kappa shape index (κ2) is 8.19. The number of amides is 1. The van der Waals surface area contributed by atoms with Crippen LogP contribution >= 0.6 is 11.8 Å². The summed E-state index contributed by atoms with van der Waals surface area (Å²) in [5.41, 5.74) is 1.52. The summed E-state index contributed by atoms with van der Waals surface area (Å²) in [7, 11) is 0. The van der Waals surface area contributed by atoms with E-state index >= 15 is 0 Å². The van der Waals surface area contributed by atoms with Crippen LogP contribution in [0.1, 0.15) is 6.92 Å². The van der Waals surface area contributed by atoms with Gasteiger partial charge in [0.05, 0.1) is 11.5 Å². The molecule has 1 N–H and O–H groups in total. The van der Waals surface area contributed by atoms with E-state index in [2.05, 4.69) is 15.5 Å². The Balaban J connectivity index is 1.38. The zero-order valence-corrected chi connectivity index (χ0v) is 17.3. The van der Waals surface area contributed by atoms with Crippen molar-refractivity contribution >= 4 is 23.4 Å². The van der Waals surface area contributed by atoms with Crippen molar-refractivity contribution < 1.29 is 18.7 Å². The normalized spacial score (nSPS) is 13.2. The van der Waals surface area contributed by atoms with Crippen molar-refractivity contribution in [2.45, 2.75) is 17.3 Å². The molecule has 1 aliphatic heterocycles. The standard InChI is InChI=1S/C22H18N4O4S/c1-14(21(27)23-15-9-10-17-19(12-15)30-13-29-17)31-22-25-24-20(18-8-5-11-28-18)26(22)16-6-3-2-4-7-16/h2-12,14H,13H2,1H3,(H,23,27). The van der Waals surface area contributed by atoms with Crippen molar-refractivity contribution in [3.8, 4) is 28.8 Å². The van der Waals surface area contributed by atoms with Crippen molar-refractivity contribution in [3.63, 3.8) is 0 Å². The van der Waals surface area contributed by atoms with Crippen LogP contribution in [0, 0.1) is 0 Å². The van der Waals surface area contributed by atoms with Crippen LogP contribution in [0.25, 0.3) is 17.3 Å². The Morgan fingerprint density at radius 3 is 2.71 bits per heavy atom. The van der Waals surface area contributed by atoms with E-state index in [4.69, 9.17) is 13.9 Å². The Labute approximate surface area is 182 Å². The summed E-state index contributed by atoms with van der Waals surface area (Å²) in [6.45, 7) is 2.01. The Morgan fingerprint density at radius 2 is 1.90 bits per heavy atom. The molecule has 1 aliphatic rings. The predicted octanol–water partition coefficient (Wildman–Crippen LogP) is 4.38. The van der Waals surface area contributed by atoms with Gasteiger partial charge in [-0.05, 0) is 43.3 Å². The molecule has 0 saturated heterocycles. The number of ether oxygens (including phenoxy) is 2. The average Bonchev–Trinajstić information content (AvgIpc) is 3.54. The van der Waals surface area contributed by atoms with Crippen molar-refractivity contribution in [1.29, 1.82) is 0 Å². The molecule has 1 unspecified atom stereocenters. The summed E-state index contributed by atoms with van der Waals surface area (Å²) in [5.74, 6) is 2.29. The number of hydrogen-bond acceptors (Lipinski definition) is 7. The fourth-order valence-electron chi connectivity index (χ4n) is 3.15. The van der Waals surface area contributed by atoms with Gasteiger partial charge in [-0.2, -0.15) is 0 Å². The lowest BCUT2D eigenvalue weighted by Gasteiger charge is -2.13. The lowest BCUT2D eigenvalue weighted by atomic mass is 10.2. The van der Waals surface area contributed by atoms with Gasteiger partial charge >= 0.3 is 0 Å². The molecule has 0 fully saturated rings. The molecular weight excluding hydrogens is 416 g/mol. The van der Waals surface area contributed by atoms with Crippen molar-refractivity contribution in [2.24, 2.45) is 0 Å². The van der Waals surface area contributed by atoms with Crippen LogP contribution in [-0.4, -0.2) is 32.7 Å². The van der Waals surface area contributed by atoms with E-state index in [0.29, 0.717) is 33.9 Å². The summed E-state index contributed by atoms with van der Waals surface area (Å²) >= 11 is 1.32. The first kappa shape index (κ1) is 19.3. The Hall–Kier alpha value is -3.72. The van der Waals surface area contributed by atoms with E-state index in [1.54, 1.807) is 30.5 Å².